The molecule has 0 aliphatic carbocycles. The van der Waals surface area contributed by atoms with Crippen LogP contribution in [0.1, 0.15) is 32.0 Å². The van der Waals surface area contributed by atoms with Gasteiger partial charge in [0.2, 0.25) is 5.75 Å². The Morgan fingerprint density at radius 2 is 1.65 bits per heavy atom. The molecule has 3 aromatic rings. The number of ether oxygens (including phenoxy) is 3. The van der Waals surface area contributed by atoms with Crippen molar-refractivity contribution in [2.24, 2.45) is 4.99 Å². The molecule has 1 atom stereocenters. The van der Waals surface area contributed by atoms with E-state index in [-0.39, 0.29) is 0 Å². The highest BCUT2D eigenvalue weighted by molar-refractivity contribution is 7.12. The van der Waals surface area contributed by atoms with Crippen molar-refractivity contribution in [1.82, 2.24) is 4.90 Å². The Kier molecular flexibility index (Phi) is 6.00. The van der Waals surface area contributed by atoms with Crippen molar-refractivity contribution in [3.8, 4) is 17.2 Å². The molecule has 34 heavy (non-hydrogen) atoms. The van der Waals surface area contributed by atoms with Crippen molar-refractivity contribution in [2.75, 3.05) is 34.4 Å². The number of amidine groups is 1. The maximum atomic E-state index is 11.8. The molecular weight excluding hydrogens is 448 g/mol. The Morgan fingerprint density at radius 1 is 0.971 bits per heavy atom. The number of benzene rings is 2. The lowest BCUT2D eigenvalue weighted by molar-refractivity contribution is -0.0737. The molecule has 5 rings (SSSR count). The number of aryl methyl sites for hydroxylation is 3. The number of rotatable bonds is 7. The maximum Gasteiger partial charge on any atom is 0.203 e. The monoisotopic (exact) mass is 478 g/mol. The van der Waals surface area contributed by atoms with Crippen LogP contribution in [0.25, 0.3) is 0 Å². The number of aliphatic imine (C=N–C) groups is 1. The standard InChI is InChI=1S/C27H30N2O4S/c1-17-13-21-24(34-17)16-27(30,29-12-11-28-26(21)29)20-9-7-18(8-10-20)5-6-19-14-22(31-2)25(33-4)23(15-19)32-3/h7-10,13-15,30H,5-6,11-12,16H2,1-4H3. The SMILES string of the molecule is COc1cc(CCc2ccc(C3(O)Cc4sc(C)cc4C4=NCCN43)cc2)cc(OC)c1OC. The third-order valence-electron chi connectivity index (χ3n) is 6.71. The molecule has 2 aliphatic rings. The van der Waals surface area contributed by atoms with E-state index < -0.39 is 5.72 Å². The van der Waals surface area contributed by atoms with Gasteiger partial charge in [-0.2, -0.15) is 0 Å². The Labute approximate surface area is 204 Å². The van der Waals surface area contributed by atoms with Gasteiger partial charge in [0.25, 0.3) is 0 Å². The van der Waals surface area contributed by atoms with E-state index in [1.165, 1.54) is 20.9 Å². The molecule has 0 amide bonds. The van der Waals surface area contributed by atoms with Crippen LogP contribution in [0.3, 0.4) is 0 Å². The minimum absolute atomic E-state index is 0.588. The summed E-state index contributed by atoms with van der Waals surface area (Å²) in [4.78, 5) is 9.26. The van der Waals surface area contributed by atoms with Crippen LogP contribution in [0, 0.1) is 6.92 Å². The molecule has 7 heteroatoms. The molecule has 178 valence electrons. The normalized spacial score (nSPS) is 18.9. The fourth-order valence-electron chi connectivity index (χ4n) is 5.00. The summed E-state index contributed by atoms with van der Waals surface area (Å²) in [5, 5.41) is 11.8. The number of nitrogens with zero attached hydrogens (tertiary/aromatic N) is 2. The van der Waals surface area contributed by atoms with E-state index in [0.717, 1.165) is 42.9 Å². The molecular formula is C27H30N2O4S. The average molecular weight is 479 g/mol. The van der Waals surface area contributed by atoms with Crippen molar-refractivity contribution in [1.29, 1.82) is 0 Å². The minimum Gasteiger partial charge on any atom is -0.493 e. The Bertz CT molecular complexity index is 1210. The fourth-order valence-corrected chi connectivity index (χ4v) is 6.10. The van der Waals surface area contributed by atoms with Crippen molar-refractivity contribution < 1.29 is 19.3 Å². The highest BCUT2D eigenvalue weighted by Gasteiger charge is 2.45. The van der Waals surface area contributed by atoms with Crippen LogP contribution in [0.2, 0.25) is 0 Å². The smallest absolute Gasteiger partial charge is 0.203 e. The van der Waals surface area contributed by atoms with Crippen LogP contribution >= 0.6 is 11.3 Å². The number of methoxy groups -OCH3 is 3. The fraction of sp³-hybridized carbons (Fsp3) is 0.370. The summed E-state index contributed by atoms with van der Waals surface area (Å²) in [5.41, 5.74) is 3.36. The molecule has 1 aromatic heterocycles. The minimum atomic E-state index is -1.06. The summed E-state index contributed by atoms with van der Waals surface area (Å²) >= 11 is 1.76. The summed E-state index contributed by atoms with van der Waals surface area (Å²) in [6.07, 6.45) is 2.29. The van der Waals surface area contributed by atoms with Gasteiger partial charge in [-0.25, -0.2) is 0 Å². The van der Waals surface area contributed by atoms with Crippen LogP contribution in [-0.2, 0) is 25.0 Å². The van der Waals surface area contributed by atoms with Gasteiger partial charge in [-0.3, -0.25) is 4.99 Å². The summed E-state index contributed by atoms with van der Waals surface area (Å²) in [6, 6.07) is 14.5. The van der Waals surface area contributed by atoms with Crippen LogP contribution in [0.15, 0.2) is 47.5 Å². The van der Waals surface area contributed by atoms with E-state index in [9.17, 15) is 5.11 Å². The first-order valence-corrected chi connectivity index (χ1v) is 12.3. The van der Waals surface area contributed by atoms with E-state index in [1.807, 2.05) is 12.1 Å². The van der Waals surface area contributed by atoms with E-state index in [2.05, 4.69) is 42.2 Å². The van der Waals surface area contributed by atoms with E-state index in [0.29, 0.717) is 23.7 Å². The number of hydrogen-bond donors (Lipinski definition) is 1. The van der Waals surface area contributed by atoms with Gasteiger partial charge in [0.05, 0.1) is 27.9 Å². The lowest BCUT2D eigenvalue weighted by Crippen LogP contribution is -2.52. The van der Waals surface area contributed by atoms with Gasteiger partial charge in [-0.1, -0.05) is 24.3 Å². The van der Waals surface area contributed by atoms with Gasteiger partial charge < -0.3 is 24.2 Å². The second kappa shape index (κ2) is 8.96. The quantitative estimate of drug-likeness (QED) is 0.548. The zero-order valence-electron chi connectivity index (χ0n) is 20.1. The second-order valence-electron chi connectivity index (χ2n) is 8.77. The van der Waals surface area contributed by atoms with Gasteiger partial charge in [0.1, 0.15) is 5.84 Å². The predicted molar refractivity (Wildman–Crippen MR) is 135 cm³/mol. The zero-order valence-corrected chi connectivity index (χ0v) is 20.9. The maximum absolute atomic E-state index is 11.8. The number of hydrogen-bond acceptors (Lipinski definition) is 7. The summed E-state index contributed by atoms with van der Waals surface area (Å²) < 4.78 is 16.4. The van der Waals surface area contributed by atoms with Crippen LogP contribution in [0.5, 0.6) is 17.2 Å². The summed E-state index contributed by atoms with van der Waals surface area (Å²) in [7, 11) is 4.87. The van der Waals surface area contributed by atoms with Crippen molar-refractivity contribution in [3.63, 3.8) is 0 Å². The Hall–Kier alpha value is -3.03. The third kappa shape index (κ3) is 3.83. The largest absolute Gasteiger partial charge is 0.493 e. The van der Waals surface area contributed by atoms with Crippen LogP contribution < -0.4 is 14.2 Å². The van der Waals surface area contributed by atoms with Gasteiger partial charge in [-0.15, -0.1) is 11.3 Å². The summed E-state index contributed by atoms with van der Waals surface area (Å²) in [6.45, 7) is 3.58. The van der Waals surface area contributed by atoms with Crippen molar-refractivity contribution in [3.05, 3.63) is 74.5 Å². The second-order valence-corrected chi connectivity index (χ2v) is 10.1. The van der Waals surface area contributed by atoms with E-state index in [1.54, 1.807) is 32.7 Å². The van der Waals surface area contributed by atoms with Crippen molar-refractivity contribution >= 4 is 17.2 Å². The predicted octanol–water partition coefficient (Wildman–Crippen LogP) is 4.33. The first-order valence-electron chi connectivity index (χ1n) is 11.5. The summed E-state index contributed by atoms with van der Waals surface area (Å²) in [5.74, 6) is 2.86. The molecule has 0 saturated heterocycles. The van der Waals surface area contributed by atoms with E-state index >= 15 is 0 Å². The molecule has 0 saturated carbocycles. The molecule has 6 nitrogen and oxygen atoms in total. The van der Waals surface area contributed by atoms with Gasteiger partial charge in [0.15, 0.2) is 17.2 Å². The molecule has 1 N–H and O–H groups in total. The highest BCUT2D eigenvalue weighted by Crippen LogP contribution is 2.42. The molecule has 1 unspecified atom stereocenters. The Balaban J connectivity index is 1.35. The van der Waals surface area contributed by atoms with Gasteiger partial charge >= 0.3 is 0 Å². The molecule has 0 spiro atoms. The Morgan fingerprint density at radius 3 is 2.29 bits per heavy atom. The van der Waals surface area contributed by atoms with Gasteiger partial charge in [0, 0.05) is 33.8 Å². The molecule has 0 fully saturated rings. The molecule has 2 aromatic carbocycles. The lowest BCUT2D eigenvalue weighted by atomic mass is 9.90. The molecule has 0 radical (unpaired) electrons. The zero-order chi connectivity index (χ0) is 23.9. The average Bonchev–Trinajstić information content (AvgIpc) is 3.49. The van der Waals surface area contributed by atoms with Crippen LogP contribution in [0.4, 0.5) is 0 Å². The van der Waals surface area contributed by atoms with Crippen LogP contribution in [-0.4, -0.2) is 50.3 Å². The highest BCUT2D eigenvalue weighted by atomic mass is 32.1. The lowest BCUT2D eigenvalue weighted by Gasteiger charge is -2.42. The number of fused-ring (bicyclic) bond motifs is 3. The van der Waals surface area contributed by atoms with E-state index in [4.69, 9.17) is 19.2 Å². The number of aliphatic hydroxyl groups is 1. The topological polar surface area (TPSA) is 63.5 Å². The third-order valence-corrected chi connectivity index (χ3v) is 7.76. The molecule has 0 bridgehead atoms. The molecule has 2 aliphatic heterocycles. The van der Waals surface area contributed by atoms with Gasteiger partial charge in [-0.05, 0) is 49.1 Å². The first kappa shape index (κ1) is 22.7. The first-order chi connectivity index (χ1) is 16.5. The van der Waals surface area contributed by atoms with Crippen molar-refractivity contribution in [2.45, 2.75) is 31.9 Å². The molecule has 3 heterocycles. The number of thiophene rings is 1.